The van der Waals surface area contributed by atoms with Gasteiger partial charge in [-0.2, -0.15) is 0 Å². The van der Waals surface area contributed by atoms with Gasteiger partial charge in [0.15, 0.2) is 5.65 Å². The number of nitrogens with zero attached hydrogens (tertiary/aromatic N) is 2. The smallest absolute Gasteiger partial charge is 0.423 e. The molecule has 60 valence electrons. The van der Waals surface area contributed by atoms with Gasteiger partial charge in [-0.05, 0) is 6.07 Å². The van der Waals surface area contributed by atoms with Crippen LogP contribution in [0.3, 0.4) is 0 Å². The second kappa shape index (κ2) is 2.58. The summed E-state index contributed by atoms with van der Waals surface area (Å²) in [6.07, 6.45) is 2.90. The minimum absolute atomic E-state index is 0.342. The van der Waals surface area contributed by atoms with Crippen LogP contribution in [0.25, 0.3) is 11.2 Å². The quantitative estimate of drug-likeness (QED) is 0.453. The third-order valence-corrected chi connectivity index (χ3v) is 1.59. The van der Waals surface area contributed by atoms with Crippen LogP contribution in [-0.2, 0) is 0 Å². The summed E-state index contributed by atoms with van der Waals surface area (Å²) in [5.41, 5.74) is 1.61. The Hall–Kier alpha value is -1.40. The average Bonchev–Trinajstić information content (AvgIpc) is 2.49. The van der Waals surface area contributed by atoms with Crippen LogP contribution in [0.2, 0.25) is 0 Å². The van der Waals surface area contributed by atoms with E-state index in [1.807, 2.05) is 0 Å². The standard InChI is InChI=1S/C6H6BN3O2/c11-7(12)4-1-5-6(8-2-4)10-3-9-5/h1-3,11-12H,(H,8,9,10). The highest BCUT2D eigenvalue weighted by molar-refractivity contribution is 6.58. The van der Waals surface area contributed by atoms with Crippen LogP contribution in [0.1, 0.15) is 0 Å². The van der Waals surface area contributed by atoms with Gasteiger partial charge in [-0.3, -0.25) is 0 Å². The lowest BCUT2D eigenvalue weighted by Gasteiger charge is -1.96. The normalized spacial score (nSPS) is 10.5. The number of rotatable bonds is 1. The molecule has 0 bridgehead atoms. The second-order valence-electron chi connectivity index (χ2n) is 2.41. The Bertz CT molecular complexity index is 400. The summed E-state index contributed by atoms with van der Waals surface area (Å²) >= 11 is 0. The molecule has 2 aromatic heterocycles. The summed E-state index contributed by atoms with van der Waals surface area (Å²) in [4.78, 5) is 10.6. The number of aromatic amines is 1. The topological polar surface area (TPSA) is 82.0 Å². The SMILES string of the molecule is OB(O)c1cnc2[nH]cnc2c1. The molecule has 0 saturated carbocycles. The fourth-order valence-corrected chi connectivity index (χ4v) is 0.982. The molecule has 0 radical (unpaired) electrons. The zero-order valence-corrected chi connectivity index (χ0v) is 6.10. The third kappa shape index (κ3) is 1.07. The summed E-state index contributed by atoms with van der Waals surface area (Å²) in [5.74, 6) is 0. The number of aromatic nitrogens is 3. The van der Waals surface area contributed by atoms with E-state index < -0.39 is 7.12 Å². The van der Waals surface area contributed by atoms with Crippen LogP contribution >= 0.6 is 0 Å². The van der Waals surface area contributed by atoms with Gasteiger partial charge in [0.1, 0.15) is 5.52 Å². The van der Waals surface area contributed by atoms with E-state index in [4.69, 9.17) is 10.0 Å². The van der Waals surface area contributed by atoms with Crippen molar-refractivity contribution in [2.24, 2.45) is 0 Å². The van der Waals surface area contributed by atoms with Crippen molar-refractivity contribution in [2.45, 2.75) is 0 Å². The van der Waals surface area contributed by atoms with Gasteiger partial charge in [-0.1, -0.05) is 0 Å². The number of fused-ring (bicyclic) bond motifs is 1. The number of imidazole rings is 1. The summed E-state index contributed by atoms with van der Waals surface area (Å²) in [6.45, 7) is 0. The molecule has 2 heterocycles. The molecule has 2 aromatic rings. The van der Waals surface area contributed by atoms with E-state index >= 15 is 0 Å². The number of nitrogens with one attached hydrogen (secondary N) is 1. The van der Waals surface area contributed by atoms with Gasteiger partial charge in [0.25, 0.3) is 0 Å². The second-order valence-corrected chi connectivity index (χ2v) is 2.41. The van der Waals surface area contributed by atoms with Gasteiger partial charge in [-0.25, -0.2) is 9.97 Å². The molecule has 0 spiro atoms. The summed E-state index contributed by atoms with van der Waals surface area (Å²) < 4.78 is 0. The first-order valence-electron chi connectivity index (χ1n) is 3.42. The van der Waals surface area contributed by atoms with Crippen LogP contribution in [0.4, 0.5) is 0 Å². The fraction of sp³-hybridized carbons (Fsp3) is 0. The molecule has 0 fully saturated rings. The Morgan fingerprint density at radius 2 is 2.17 bits per heavy atom. The molecule has 3 N–H and O–H groups in total. The van der Waals surface area contributed by atoms with Gasteiger partial charge in [0.2, 0.25) is 0 Å². The predicted octanol–water partition coefficient (Wildman–Crippen LogP) is -1.36. The highest BCUT2D eigenvalue weighted by Crippen LogP contribution is 2.01. The van der Waals surface area contributed by atoms with Gasteiger partial charge >= 0.3 is 7.12 Å². The Morgan fingerprint density at radius 3 is 2.92 bits per heavy atom. The summed E-state index contributed by atoms with van der Waals surface area (Å²) in [5, 5.41) is 17.6. The van der Waals surface area contributed by atoms with Crippen LogP contribution in [0.15, 0.2) is 18.6 Å². The number of pyridine rings is 1. The minimum atomic E-state index is -1.49. The number of hydrogen-bond donors (Lipinski definition) is 3. The molecular formula is C6H6BN3O2. The Labute approximate surface area is 68.2 Å². The molecule has 2 rings (SSSR count). The van der Waals surface area contributed by atoms with Crippen LogP contribution < -0.4 is 5.46 Å². The van der Waals surface area contributed by atoms with Crippen molar-refractivity contribution in [3.05, 3.63) is 18.6 Å². The maximum Gasteiger partial charge on any atom is 0.490 e. The van der Waals surface area contributed by atoms with Crippen molar-refractivity contribution in [2.75, 3.05) is 0 Å². The van der Waals surface area contributed by atoms with Crippen molar-refractivity contribution in [1.29, 1.82) is 0 Å². The molecular weight excluding hydrogens is 157 g/mol. The van der Waals surface area contributed by atoms with Gasteiger partial charge < -0.3 is 15.0 Å². The van der Waals surface area contributed by atoms with Gasteiger partial charge in [-0.15, -0.1) is 0 Å². The Morgan fingerprint density at radius 1 is 1.33 bits per heavy atom. The molecule has 0 aliphatic carbocycles. The molecule has 6 heteroatoms. The lowest BCUT2D eigenvalue weighted by molar-refractivity contribution is 0.425. The van der Waals surface area contributed by atoms with E-state index in [2.05, 4.69) is 15.0 Å². The zero-order chi connectivity index (χ0) is 8.55. The lowest BCUT2D eigenvalue weighted by atomic mass is 9.82. The van der Waals surface area contributed by atoms with E-state index in [9.17, 15) is 0 Å². The van der Waals surface area contributed by atoms with Gasteiger partial charge in [0, 0.05) is 11.7 Å². The average molecular weight is 163 g/mol. The molecule has 0 amide bonds. The first-order chi connectivity index (χ1) is 5.77. The molecule has 12 heavy (non-hydrogen) atoms. The number of H-pyrrole nitrogens is 1. The first kappa shape index (κ1) is 7.26. The van der Waals surface area contributed by atoms with E-state index in [0.717, 1.165) is 0 Å². The molecule has 0 aliphatic heterocycles. The molecule has 0 aromatic carbocycles. The van der Waals surface area contributed by atoms with E-state index in [0.29, 0.717) is 16.6 Å². The van der Waals surface area contributed by atoms with Crippen molar-refractivity contribution in [1.82, 2.24) is 15.0 Å². The Kier molecular flexibility index (Phi) is 1.56. The molecule has 5 nitrogen and oxygen atoms in total. The van der Waals surface area contributed by atoms with Crippen molar-refractivity contribution in [3.63, 3.8) is 0 Å². The summed E-state index contributed by atoms with van der Waals surface area (Å²) in [6, 6.07) is 1.57. The highest BCUT2D eigenvalue weighted by Gasteiger charge is 2.12. The molecule has 0 atom stereocenters. The zero-order valence-electron chi connectivity index (χ0n) is 6.10. The fourth-order valence-electron chi connectivity index (χ4n) is 0.982. The molecule has 0 unspecified atom stereocenters. The van der Waals surface area contributed by atoms with Crippen LogP contribution in [-0.4, -0.2) is 32.1 Å². The molecule has 0 saturated heterocycles. The molecule has 0 aliphatic rings. The first-order valence-corrected chi connectivity index (χ1v) is 3.42. The van der Waals surface area contributed by atoms with E-state index in [-0.39, 0.29) is 0 Å². The van der Waals surface area contributed by atoms with Crippen molar-refractivity contribution < 1.29 is 10.0 Å². The predicted molar refractivity (Wildman–Crippen MR) is 43.7 cm³/mol. The maximum absolute atomic E-state index is 8.80. The highest BCUT2D eigenvalue weighted by atomic mass is 16.4. The monoisotopic (exact) mass is 163 g/mol. The van der Waals surface area contributed by atoms with Crippen molar-refractivity contribution in [3.8, 4) is 0 Å². The van der Waals surface area contributed by atoms with Gasteiger partial charge in [0.05, 0.1) is 6.33 Å². The van der Waals surface area contributed by atoms with E-state index in [1.54, 1.807) is 6.07 Å². The number of hydrogen-bond acceptors (Lipinski definition) is 4. The lowest BCUT2D eigenvalue weighted by Crippen LogP contribution is -2.29. The van der Waals surface area contributed by atoms with Crippen LogP contribution in [0.5, 0.6) is 0 Å². The minimum Gasteiger partial charge on any atom is -0.423 e. The van der Waals surface area contributed by atoms with E-state index in [1.165, 1.54) is 12.5 Å². The third-order valence-electron chi connectivity index (χ3n) is 1.59. The maximum atomic E-state index is 8.80. The largest absolute Gasteiger partial charge is 0.490 e. The summed E-state index contributed by atoms with van der Waals surface area (Å²) in [7, 11) is -1.49. The van der Waals surface area contributed by atoms with Crippen LogP contribution in [0, 0.1) is 0 Å². The Balaban J connectivity index is 2.60. The van der Waals surface area contributed by atoms with Crippen molar-refractivity contribution >= 4 is 23.7 Å².